The highest BCUT2D eigenvalue weighted by Crippen LogP contribution is 2.11. The van der Waals surface area contributed by atoms with Gasteiger partial charge in [0.15, 0.2) is 0 Å². The van der Waals surface area contributed by atoms with Crippen LogP contribution in [0.25, 0.3) is 0 Å². The second-order valence-corrected chi connectivity index (χ2v) is 4.77. The maximum absolute atomic E-state index is 13.6. The molecule has 0 spiro atoms. The fourth-order valence-electron chi connectivity index (χ4n) is 1.94. The topological polar surface area (TPSA) is 6.48 Å². The molecule has 1 heterocycles. The summed E-state index contributed by atoms with van der Waals surface area (Å²) in [7, 11) is 0. The Morgan fingerprint density at radius 1 is 0.929 bits per heavy atom. The Hall–Kier alpha value is -0.150. The molecule has 0 saturated carbocycles. The molecule has 0 aromatic rings. The van der Waals surface area contributed by atoms with Gasteiger partial charge in [0, 0.05) is 38.3 Å². The van der Waals surface area contributed by atoms with Crippen LogP contribution in [0.5, 0.6) is 0 Å². The van der Waals surface area contributed by atoms with Crippen LogP contribution < -0.4 is 0 Å². The number of rotatable bonds is 2. The predicted octanol–water partition coefficient (Wildman–Crippen LogP) is 1.76. The maximum atomic E-state index is 13.6. The number of hydrogen-bond acceptors (Lipinski definition) is 2. The molecule has 0 unspecified atom stereocenters. The first-order valence-electron chi connectivity index (χ1n) is 5.63. The molecule has 0 aromatic heterocycles. The van der Waals surface area contributed by atoms with E-state index in [9.17, 15) is 4.39 Å². The van der Waals surface area contributed by atoms with Crippen LogP contribution >= 0.6 is 0 Å². The van der Waals surface area contributed by atoms with Gasteiger partial charge in [0.2, 0.25) is 0 Å². The molecule has 0 amide bonds. The van der Waals surface area contributed by atoms with Crippen LogP contribution in [0.15, 0.2) is 0 Å². The van der Waals surface area contributed by atoms with Gasteiger partial charge in [0.05, 0.1) is 0 Å². The van der Waals surface area contributed by atoms with Crippen molar-refractivity contribution in [3.8, 4) is 0 Å². The number of hydrogen-bond donors (Lipinski definition) is 0. The van der Waals surface area contributed by atoms with E-state index in [1.165, 1.54) is 0 Å². The molecule has 14 heavy (non-hydrogen) atoms. The van der Waals surface area contributed by atoms with E-state index in [0.717, 1.165) is 13.1 Å². The second-order valence-electron chi connectivity index (χ2n) is 4.77. The zero-order valence-corrected chi connectivity index (χ0v) is 9.83. The molecule has 0 bridgehead atoms. The molecule has 1 aliphatic rings. The molecule has 0 atom stereocenters. The number of nitrogens with zero attached hydrogens (tertiary/aromatic N) is 2. The molecule has 1 rings (SSSR count). The van der Waals surface area contributed by atoms with Gasteiger partial charge in [-0.15, -0.1) is 0 Å². The highest BCUT2D eigenvalue weighted by Gasteiger charge is 2.24. The summed E-state index contributed by atoms with van der Waals surface area (Å²) in [5, 5.41) is 0. The van der Waals surface area contributed by atoms with Crippen molar-refractivity contribution in [1.82, 2.24) is 9.80 Å². The van der Waals surface area contributed by atoms with Crippen LogP contribution in [0, 0.1) is 0 Å². The van der Waals surface area contributed by atoms with Crippen molar-refractivity contribution in [1.29, 1.82) is 0 Å². The smallest absolute Gasteiger partial charge is 0.125 e. The quantitative estimate of drug-likeness (QED) is 0.673. The lowest BCUT2D eigenvalue weighted by Crippen LogP contribution is -2.37. The van der Waals surface area contributed by atoms with E-state index in [0.29, 0.717) is 25.2 Å². The van der Waals surface area contributed by atoms with Crippen molar-refractivity contribution < 1.29 is 4.39 Å². The minimum Gasteiger partial charge on any atom is -0.297 e. The monoisotopic (exact) mass is 202 g/mol. The Bertz CT molecular complexity index is 153. The molecule has 1 saturated heterocycles. The van der Waals surface area contributed by atoms with Gasteiger partial charge >= 0.3 is 0 Å². The molecule has 0 aliphatic carbocycles. The Labute approximate surface area is 87.1 Å². The van der Waals surface area contributed by atoms with E-state index in [1.54, 1.807) is 0 Å². The van der Waals surface area contributed by atoms with E-state index in [-0.39, 0.29) is 0 Å². The second kappa shape index (κ2) is 5.08. The SMILES string of the molecule is CC(C)N1CCN(C(C)C)CC(F)C1. The summed E-state index contributed by atoms with van der Waals surface area (Å²) in [6.45, 7) is 11.7. The van der Waals surface area contributed by atoms with Gasteiger partial charge in [-0.3, -0.25) is 9.80 Å². The van der Waals surface area contributed by atoms with Crippen LogP contribution in [0.1, 0.15) is 27.7 Å². The van der Waals surface area contributed by atoms with E-state index < -0.39 is 6.17 Å². The molecular formula is C11H23FN2. The Morgan fingerprint density at radius 2 is 1.29 bits per heavy atom. The lowest BCUT2D eigenvalue weighted by atomic mass is 10.2. The lowest BCUT2D eigenvalue weighted by Gasteiger charge is -2.26. The molecule has 1 fully saturated rings. The summed E-state index contributed by atoms with van der Waals surface area (Å²) in [4.78, 5) is 4.46. The Morgan fingerprint density at radius 3 is 1.57 bits per heavy atom. The average molecular weight is 202 g/mol. The van der Waals surface area contributed by atoms with Crippen molar-refractivity contribution in [2.75, 3.05) is 26.2 Å². The maximum Gasteiger partial charge on any atom is 0.125 e. The number of halogens is 1. The molecule has 2 nitrogen and oxygen atoms in total. The van der Waals surface area contributed by atoms with Crippen LogP contribution in [0.4, 0.5) is 4.39 Å². The standard InChI is InChI=1S/C11H23FN2/c1-9(2)13-5-6-14(10(3)4)8-11(12)7-13/h9-11H,5-8H2,1-4H3. The van der Waals surface area contributed by atoms with E-state index in [4.69, 9.17) is 0 Å². The van der Waals surface area contributed by atoms with E-state index in [2.05, 4.69) is 37.5 Å². The highest BCUT2D eigenvalue weighted by molar-refractivity contribution is 4.79. The van der Waals surface area contributed by atoms with Crippen molar-refractivity contribution in [3.05, 3.63) is 0 Å². The summed E-state index contributed by atoms with van der Waals surface area (Å²) >= 11 is 0. The molecule has 0 radical (unpaired) electrons. The summed E-state index contributed by atoms with van der Waals surface area (Å²) < 4.78 is 13.6. The molecule has 1 aliphatic heterocycles. The minimum atomic E-state index is -0.692. The summed E-state index contributed by atoms with van der Waals surface area (Å²) in [5.41, 5.74) is 0. The Kier molecular flexibility index (Phi) is 4.32. The third-order valence-corrected chi connectivity index (χ3v) is 3.00. The van der Waals surface area contributed by atoms with Crippen LogP contribution in [0.2, 0.25) is 0 Å². The summed E-state index contributed by atoms with van der Waals surface area (Å²) in [5.74, 6) is 0. The third kappa shape index (κ3) is 3.21. The van der Waals surface area contributed by atoms with Gasteiger partial charge < -0.3 is 0 Å². The zero-order chi connectivity index (χ0) is 10.7. The van der Waals surface area contributed by atoms with Crippen molar-refractivity contribution in [2.45, 2.75) is 46.0 Å². The lowest BCUT2D eigenvalue weighted by molar-refractivity contribution is 0.171. The first-order chi connectivity index (χ1) is 6.50. The third-order valence-electron chi connectivity index (χ3n) is 3.00. The van der Waals surface area contributed by atoms with Gasteiger partial charge in [-0.25, -0.2) is 4.39 Å². The normalized spacial score (nSPS) is 23.4. The predicted molar refractivity (Wildman–Crippen MR) is 58.3 cm³/mol. The van der Waals surface area contributed by atoms with Gasteiger partial charge in [-0.1, -0.05) is 0 Å². The van der Waals surface area contributed by atoms with Crippen molar-refractivity contribution in [3.63, 3.8) is 0 Å². The molecular weight excluding hydrogens is 179 g/mol. The van der Waals surface area contributed by atoms with Crippen molar-refractivity contribution >= 4 is 0 Å². The van der Waals surface area contributed by atoms with Crippen LogP contribution in [-0.2, 0) is 0 Å². The molecule has 0 N–H and O–H groups in total. The highest BCUT2D eigenvalue weighted by atomic mass is 19.1. The summed E-state index contributed by atoms with van der Waals surface area (Å²) in [6.07, 6.45) is -0.692. The zero-order valence-electron chi connectivity index (χ0n) is 9.83. The average Bonchev–Trinajstić information content (AvgIpc) is 2.26. The van der Waals surface area contributed by atoms with Gasteiger partial charge in [0.1, 0.15) is 6.17 Å². The fraction of sp³-hybridized carbons (Fsp3) is 1.00. The Balaban J connectivity index is 2.53. The van der Waals surface area contributed by atoms with Gasteiger partial charge in [-0.2, -0.15) is 0 Å². The van der Waals surface area contributed by atoms with Crippen molar-refractivity contribution in [2.24, 2.45) is 0 Å². The minimum absolute atomic E-state index is 0.459. The van der Waals surface area contributed by atoms with Gasteiger partial charge in [-0.05, 0) is 27.7 Å². The van der Waals surface area contributed by atoms with Crippen LogP contribution in [0.3, 0.4) is 0 Å². The first kappa shape index (κ1) is 11.9. The molecule has 0 aromatic carbocycles. The number of alkyl halides is 1. The molecule has 84 valence electrons. The van der Waals surface area contributed by atoms with E-state index in [1.807, 2.05) is 0 Å². The summed E-state index contributed by atoms with van der Waals surface area (Å²) in [6, 6.07) is 0.917. The van der Waals surface area contributed by atoms with Gasteiger partial charge in [0.25, 0.3) is 0 Å². The first-order valence-corrected chi connectivity index (χ1v) is 5.63. The molecule has 3 heteroatoms. The van der Waals surface area contributed by atoms with E-state index >= 15 is 0 Å². The fourth-order valence-corrected chi connectivity index (χ4v) is 1.94. The van der Waals surface area contributed by atoms with Crippen LogP contribution in [-0.4, -0.2) is 54.2 Å². The largest absolute Gasteiger partial charge is 0.297 e.